The summed E-state index contributed by atoms with van der Waals surface area (Å²) < 4.78 is 14.3. The first-order valence-electron chi connectivity index (χ1n) is 24.0. The van der Waals surface area contributed by atoms with Crippen molar-refractivity contribution in [1.29, 1.82) is 5.26 Å². The van der Waals surface area contributed by atoms with Gasteiger partial charge in [0.25, 0.3) is 0 Å². The molecule has 5 heterocycles. The van der Waals surface area contributed by atoms with Crippen molar-refractivity contribution in [2.45, 2.75) is 0 Å². The fraction of sp³-hybridized carbons (Fsp3) is 0. The quantitative estimate of drug-likeness (QED) is 0.166. The normalized spacial score (nSPS) is 11.9. The average molecular weight is 920 g/mol. The summed E-state index contributed by atoms with van der Waals surface area (Å²) in [6, 6.07) is 80.1. The van der Waals surface area contributed by atoms with Crippen LogP contribution in [0.15, 0.2) is 229 Å². The Morgan fingerprint density at radius 1 is 0.375 bits per heavy atom. The van der Waals surface area contributed by atoms with Gasteiger partial charge in [-0.2, -0.15) is 5.26 Å². The molecule has 8 nitrogen and oxygen atoms in total. The molecule has 72 heavy (non-hydrogen) atoms. The summed E-state index contributed by atoms with van der Waals surface area (Å²) >= 11 is 0. The summed E-state index contributed by atoms with van der Waals surface area (Å²) in [5.74, 6) is 1.44. The predicted octanol–water partition coefficient (Wildman–Crippen LogP) is 15.9. The highest BCUT2D eigenvalue weighted by Crippen LogP contribution is 2.52. The van der Waals surface area contributed by atoms with Gasteiger partial charge < -0.3 is 18.1 Å². The minimum absolute atomic E-state index is 0.402. The standard InChI is InChI=1S/C64H37N7O/c65-38-41-37-48(64-67-62(39-21-5-1-6-22-39)66-63(68-64)40-23-7-2-8-24-40)61-56(47-32-16-20-36-52(47)72-61)57(41)71-51-35-19-15-31-46(51)55-59-53(44-29-13-17-33-49(44)69(59)42-25-9-3-10-26-42)58-54(60(55)71)45-30-14-18-34-50(45)70(58)43-27-11-4-12-28-43/h1-37H. The van der Waals surface area contributed by atoms with Crippen LogP contribution in [0.1, 0.15) is 5.56 Å². The number of rotatable bonds is 6. The topological polar surface area (TPSA) is 90.4 Å². The van der Waals surface area contributed by atoms with Crippen LogP contribution in [-0.4, -0.2) is 28.7 Å². The molecular weight excluding hydrogens is 883 g/mol. The maximum Gasteiger partial charge on any atom is 0.167 e. The highest BCUT2D eigenvalue weighted by atomic mass is 16.3. The smallest absolute Gasteiger partial charge is 0.167 e. The van der Waals surface area contributed by atoms with Crippen molar-refractivity contribution < 1.29 is 4.42 Å². The minimum Gasteiger partial charge on any atom is -0.455 e. The lowest BCUT2D eigenvalue weighted by Gasteiger charge is -2.16. The second kappa shape index (κ2) is 15.5. The van der Waals surface area contributed by atoms with Gasteiger partial charge in [0, 0.05) is 60.2 Å². The minimum atomic E-state index is 0.402. The van der Waals surface area contributed by atoms with Crippen LogP contribution in [0.2, 0.25) is 0 Å². The van der Waals surface area contributed by atoms with Crippen molar-refractivity contribution in [3.63, 3.8) is 0 Å². The molecule has 0 aliphatic carbocycles. The fourth-order valence-corrected chi connectivity index (χ4v) is 11.4. The zero-order valence-corrected chi connectivity index (χ0v) is 38.4. The first-order valence-corrected chi connectivity index (χ1v) is 24.0. The first-order chi connectivity index (χ1) is 35.7. The number of nitrogens with zero attached hydrogens (tertiary/aromatic N) is 7. The van der Waals surface area contributed by atoms with Gasteiger partial charge >= 0.3 is 0 Å². The molecule has 0 bridgehead atoms. The van der Waals surface area contributed by atoms with Crippen LogP contribution in [0.25, 0.3) is 139 Å². The number of nitriles is 1. The van der Waals surface area contributed by atoms with E-state index in [1.807, 2.05) is 84.9 Å². The first kappa shape index (κ1) is 39.9. The fourth-order valence-electron chi connectivity index (χ4n) is 11.4. The van der Waals surface area contributed by atoms with Gasteiger partial charge in [0.05, 0.1) is 55.3 Å². The number of aromatic nitrogens is 6. The number of benzene rings is 10. The van der Waals surface area contributed by atoms with Gasteiger partial charge in [-0.05, 0) is 54.6 Å². The third kappa shape index (κ3) is 5.64. The lowest BCUT2D eigenvalue weighted by molar-refractivity contribution is 0.669. The van der Waals surface area contributed by atoms with Gasteiger partial charge in [-0.1, -0.05) is 170 Å². The summed E-state index contributed by atoms with van der Waals surface area (Å²) in [5.41, 5.74) is 13.1. The summed E-state index contributed by atoms with van der Waals surface area (Å²) in [6.07, 6.45) is 0. The van der Waals surface area contributed by atoms with E-state index in [2.05, 4.69) is 159 Å². The predicted molar refractivity (Wildman–Crippen MR) is 291 cm³/mol. The van der Waals surface area contributed by atoms with Crippen molar-refractivity contribution in [2.24, 2.45) is 0 Å². The second-order valence-corrected chi connectivity index (χ2v) is 18.2. The van der Waals surface area contributed by atoms with E-state index in [9.17, 15) is 5.26 Å². The van der Waals surface area contributed by atoms with Crippen molar-refractivity contribution in [2.75, 3.05) is 0 Å². The van der Waals surface area contributed by atoms with E-state index in [0.29, 0.717) is 45.5 Å². The Bertz CT molecular complexity index is 4610. The molecule has 10 aromatic carbocycles. The number of hydrogen-bond donors (Lipinski definition) is 0. The summed E-state index contributed by atoms with van der Waals surface area (Å²) in [5, 5.41) is 20.1. The third-order valence-electron chi connectivity index (χ3n) is 14.3. The molecular formula is C64H37N7O. The van der Waals surface area contributed by atoms with E-state index in [1.165, 1.54) is 0 Å². The summed E-state index contributed by atoms with van der Waals surface area (Å²) in [6.45, 7) is 0. The molecule has 0 spiro atoms. The molecule has 0 fully saturated rings. The maximum absolute atomic E-state index is 11.8. The van der Waals surface area contributed by atoms with Gasteiger partial charge in [-0.15, -0.1) is 0 Å². The van der Waals surface area contributed by atoms with Crippen molar-refractivity contribution in [1.82, 2.24) is 28.7 Å². The number of para-hydroxylation sites is 6. The van der Waals surface area contributed by atoms with Gasteiger partial charge in [-0.25, -0.2) is 15.0 Å². The molecule has 0 amide bonds. The van der Waals surface area contributed by atoms with E-state index < -0.39 is 0 Å². The van der Waals surface area contributed by atoms with Crippen LogP contribution in [-0.2, 0) is 0 Å². The largest absolute Gasteiger partial charge is 0.455 e. The van der Waals surface area contributed by atoms with Crippen LogP contribution in [0, 0.1) is 11.3 Å². The Balaban J connectivity index is 1.18. The lowest BCUT2D eigenvalue weighted by Crippen LogP contribution is -2.03. The number of furan rings is 1. The van der Waals surface area contributed by atoms with Gasteiger partial charge in [0.15, 0.2) is 17.5 Å². The highest BCUT2D eigenvalue weighted by Gasteiger charge is 2.32. The molecule has 0 radical (unpaired) electrons. The molecule has 15 aromatic rings. The summed E-state index contributed by atoms with van der Waals surface area (Å²) in [4.78, 5) is 15.4. The van der Waals surface area contributed by atoms with Gasteiger partial charge in [0.1, 0.15) is 17.2 Å². The van der Waals surface area contributed by atoms with E-state index in [1.54, 1.807) is 0 Å². The number of fused-ring (bicyclic) bond motifs is 15. The van der Waals surface area contributed by atoms with E-state index >= 15 is 0 Å². The summed E-state index contributed by atoms with van der Waals surface area (Å²) in [7, 11) is 0. The van der Waals surface area contributed by atoms with Crippen molar-refractivity contribution in [3.05, 3.63) is 230 Å². The third-order valence-corrected chi connectivity index (χ3v) is 14.3. The zero-order chi connectivity index (χ0) is 47.4. The van der Waals surface area contributed by atoms with Crippen LogP contribution in [0.4, 0.5) is 0 Å². The van der Waals surface area contributed by atoms with Crippen LogP contribution < -0.4 is 0 Å². The van der Waals surface area contributed by atoms with E-state index in [4.69, 9.17) is 19.4 Å². The van der Waals surface area contributed by atoms with Crippen LogP contribution >= 0.6 is 0 Å². The molecule has 0 aliphatic heterocycles. The molecule has 5 aromatic heterocycles. The Morgan fingerprint density at radius 3 is 1.25 bits per heavy atom. The van der Waals surface area contributed by atoms with E-state index in [-0.39, 0.29) is 0 Å². The molecule has 8 heteroatoms. The lowest BCUT2D eigenvalue weighted by atomic mass is 10.00. The van der Waals surface area contributed by atoms with Gasteiger partial charge in [-0.3, -0.25) is 0 Å². The Morgan fingerprint density at radius 2 is 0.764 bits per heavy atom. The second-order valence-electron chi connectivity index (χ2n) is 18.2. The van der Waals surface area contributed by atoms with Crippen molar-refractivity contribution in [3.8, 4) is 57.3 Å². The molecule has 334 valence electrons. The molecule has 0 N–H and O–H groups in total. The monoisotopic (exact) mass is 919 g/mol. The zero-order valence-electron chi connectivity index (χ0n) is 38.4. The molecule has 0 aliphatic rings. The molecule has 15 rings (SSSR count). The Hall–Kier alpha value is -10.1. The molecule has 0 unspecified atom stereocenters. The van der Waals surface area contributed by atoms with Crippen LogP contribution in [0.5, 0.6) is 0 Å². The van der Waals surface area contributed by atoms with Crippen LogP contribution in [0.3, 0.4) is 0 Å². The Labute approximate surface area is 411 Å². The molecule has 0 saturated carbocycles. The SMILES string of the molecule is N#Cc1cc(-c2nc(-c3ccccc3)nc(-c3ccccc3)n2)c2oc3ccccc3c2c1-n1c2ccccc2c2c3c(c4ccccc4n3-c3ccccc3)c3c(c4ccccc4n3-c3ccccc3)c21. The van der Waals surface area contributed by atoms with E-state index in [0.717, 1.165) is 98.7 Å². The average Bonchev–Trinajstić information content (AvgIpc) is 4.20. The number of hydrogen-bond acceptors (Lipinski definition) is 5. The molecule has 0 saturated heterocycles. The maximum atomic E-state index is 11.8. The van der Waals surface area contributed by atoms with Gasteiger partial charge in [0.2, 0.25) is 0 Å². The Kier molecular flexibility index (Phi) is 8.55. The van der Waals surface area contributed by atoms with Crippen molar-refractivity contribution >= 4 is 87.4 Å². The molecule has 0 atom stereocenters. The highest BCUT2D eigenvalue weighted by molar-refractivity contribution is 6.40.